The molecule has 1 heterocycles. The second-order valence-electron chi connectivity index (χ2n) is 3.16. The molecule has 0 aromatic carbocycles. The minimum Gasteiger partial charge on any atom is -0.381 e. The van der Waals surface area contributed by atoms with Crippen molar-refractivity contribution in [3.05, 3.63) is 5.82 Å². The van der Waals surface area contributed by atoms with Crippen molar-refractivity contribution in [3.8, 4) is 0 Å². The van der Waals surface area contributed by atoms with Crippen LogP contribution in [0, 0.1) is 0 Å². The zero-order chi connectivity index (χ0) is 10.6. The molecule has 1 saturated carbocycles. The number of nitrogens with zero attached hydrogens (tertiary/aromatic N) is 4. The fraction of sp³-hybridized carbons (Fsp3) is 0.889. The van der Waals surface area contributed by atoms with Gasteiger partial charge in [0.1, 0.15) is 0 Å². The molecule has 0 N–H and O–H groups in total. The van der Waals surface area contributed by atoms with Crippen LogP contribution in [0.2, 0.25) is 0 Å². The Balaban J connectivity index is 0.000000461. The smallest absolute Gasteiger partial charge is 0.178 e. The molecule has 0 spiro atoms. The molecule has 14 heavy (non-hydrogen) atoms. The van der Waals surface area contributed by atoms with E-state index in [0.29, 0.717) is 12.0 Å². The van der Waals surface area contributed by atoms with Crippen LogP contribution in [-0.2, 0) is 11.8 Å². The maximum absolute atomic E-state index is 5.16. The van der Waals surface area contributed by atoms with Gasteiger partial charge in [-0.05, 0) is 18.1 Å². The van der Waals surface area contributed by atoms with E-state index in [1.807, 2.05) is 13.8 Å². The van der Waals surface area contributed by atoms with Crippen LogP contribution < -0.4 is 0 Å². The highest BCUT2D eigenvalue weighted by Crippen LogP contribution is 2.36. The third kappa shape index (κ3) is 2.29. The van der Waals surface area contributed by atoms with E-state index in [9.17, 15) is 0 Å². The molecule has 1 aliphatic carbocycles. The number of tetrazole rings is 1. The molecule has 1 aliphatic rings. The Morgan fingerprint density at radius 1 is 1.36 bits per heavy atom. The van der Waals surface area contributed by atoms with E-state index in [4.69, 9.17) is 4.74 Å². The van der Waals surface area contributed by atoms with Crippen molar-refractivity contribution in [3.63, 3.8) is 0 Å². The van der Waals surface area contributed by atoms with E-state index >= 15 is 0 Å². The van der Waals surface area contributed by atoms with Gasteiger partial charge in [-0.1, -0.05) is 13.8 Å². The quantitative estimate of drug-likeness (QED) is 0.714. The molecule has 0 bridgehead atoms. The topological polar surface area (TPSA) is 52.8 Å². The molecule has 0 aliphatic heterocycles. The van der Waals surface area contributed by atoms with E-state index in [1.54, 1.807) is 14.2 Å². The summed E-state index contributed by atoms with van der Waals surface area (Å²) in [5, 5.41) is 11.9. The first-order valence-electron chi connectivity index (χ1n) is 5.06. The first kappa shape index (κ1) is 11.1. The third-order valence-electron chi connectivity index (χ3n) is 2.32. The van der Waals surface area contributed by atoms with Crippen molar-refractivity contribution in [1.82, 2.24) is 20.2 Å². The number of aromatic nitrogens is 4. The van der Waals surface area contributed by atoms with Crippen LogP contribution in [0.1, 0.15) is 38.4 Å². The number of hydrogen-bond donors (Lipinski definition) is 0. The van der Waals surface area contributed by atoms with Crippen molar-refractivity contribution in [1.29, 1.82) is 0 Å². The van der Waals surface area contributed by atoms with Crippen LogP contribution in [0.3, 0.4) is 0 Å². The van der Waals surface area contributed by atoms with Crippen LogP contribution in [-0.4, -0.2) is 33.4 Å². The first-order valence-corrected chi connectivity index (χ1v) is 5.06. The SMILES string of the molecule is CC.COC1CC(c2nnn(C)n2)C1. The number of hydrogen-bond acceptors (Lipinski definition) is 4. The van der Waals surface area contributed by atoms with Crippen LogP contribution in [0.4, 0.5) is 0 Å². The number of ether oxygens (including phenoxy) is 1. The Bertz CT molecular complexity index is 268. The molecule has 80 valence electrons. The normalized spacial score (nSPS) is 24.9. The summed E-state index contributed by atoms with van der Waals surface area (Å²) in [5.74, 6) is 1.31. The molecule has 0 atom stereocenters. The molecule has 1 fully saturated rings. The van der Waals surface area contributed by atoms with Crippen LogP contribution >= 0.6 is 0 Å². The highest BCUT2D eigenvalue weighted by atomic mass is 16.5. The lowest BCUT2D eigenvalue weighted by atomic mass is 9.82. The highest BCUT2D eigenvalue weighted by Gasteiger charge is 2.33. The number of aryl methyl sites for hydroxylation is 1. The van der Waals surface area contributed by atoms with Gasteiger partial charge in [0.15, 0.2) is 5.82 Å². The van der Waals surface area contributed by atoms with Gasteiger partial charge in [-0.15, -0.1) is 10.2 Å². The predicted molar refractivity (Wildman–Crippen MR) is 52.9 cm³/mol. The summed E-state index contributed by atoms with van der Waals surface area (Å²) in [4.78, 5) is 1.50. The van der Waals surface area contributed by atoms with Gasteiger partial charge < -0.3 is 4.74 Å². The molecular formula is C9H18N4O. The molecule has 2 rings (SSSR count). The Morgan fingerprint density at radius 2 is 2.00 bits per heavy atom. The number of methoxy groups -OCH3 is 1. The second kappa shape index (κ2) is 5.05. The van der Waals surface area contributed by atoms with Crippen molar-refractivity contribution >= 4 is 0 Å². The molecule has 0 unspecified atom stereocenters. The molecule has 0 saturated heterocycles. The molecular weight excluding hydrogens is 180 g/mol. The van der Waals surface area contributed by atoms with Gasteiger partial charge in [0.05, 0.1) is 13.2 Å². The van der Waals surface area contributed by atoms with Crippen molar-refractivity contribution in [2.24, 2.45) is 7.05 Å². The molecule has 0 radical (unpaired) electrons. The maximum atomic E-state index is 5.16. The molecule has 5 nitrogen and oxygen atoms in total. The minimum absolute atomic E-state index is 0.402. The second-order valence-corrected chi connectivity index (χ2v) is 3.16. The zero-order valence-corrected chi connectivity index (χ0v) is 9.27. The molecule has 1 aromatic rings. The largest absolute Gasteiger partial charge is 0.381 e. The summed E-state index contributed by atoms with van der Waals surface area (Å²) in [7, 11) is 3.52. The first-order chi connectivity index (χ1) is 6.79. The lowest BCUT2D eigenvalue weighted by Gasteiger charge is -2.31. The Labute approximate surface area is 84.4 Å². The van der Waals surface area contributed by atoms with Gasteiger partial charge in [-0.25, -0.2) is 0 Å². The summed E-state index contributed by atoms with van der Waals surface area (Å²) in [5.41, 5.74) is 0. The summed E-state index contributed by atoms with van der Waals surface area (Å²) in [6.07, 6.45) is 2.46. The van der Waals surface area contributed by atoms with Crippen LogP contribution in [0.25, 0.3) is 0 Å². The molecule has 0 amide bonds. The van der Waals surface area contributed by atoms with Gasteiger partial charge in [0.25, 0.3) is 0 Å². The van der Waals surface area contributed by atoms with Gasteiger partial charge in [-0.3, -0.25) is 0 Å². The minimum atomic E-state index is 0.402. The Morgan fingerprint density at radius 3 is 2.43 bits per heavy atom. The summed E-state index contributed by atoms with van der Waals surface area (Å²) in [6, 6.07) is 0. The Kier molecular flexibility index (Phi) is 4.00. The average molecular weight is 198 g/mol. The lowest BCUT2D eigenvalue weighted by Crippen LogP contribution is -2.29. The molecule has 1 aromatic heterocycles. The van der Waals surface area contributed by atoms with Crippen molar-refractivity contribution in [2.75, 3.05) is 7.11 Å². The fourth-order valence-corrected chi connectivity index (χ4v) is 1.43. The predicted octanol–water partition coefficient (Wildman–Crippen LogP) is 1.13. The zero-order valence-electron chi connectivity index (χ0n) is 9.27. The average Bonchev–Trinajstić information content (AvgIpc) is 2.54. The summed E-state index contributed by atoms with van der Waals surface area (Å²) >= 11 is 0. The maximum Gasteiger partial charge on any atom is 0.178 e. The van der Waals surface area contributed by atoms with Gasteiger partial charge in [0.2, 0.25) is 0 Å². The van der Waals surface area contributed by atoms with E-state index in [1.165, 1.54) is 4.80 Å². The summed E-state index contributed by atoms with van der Waals surface area (Å²) in [6.45, 7) is 4.00. The fourth-order valence-electron chi connectivity index (χ4n) is 1.43. The standard InChI is InChI=1S/C7H12N4O.C2H6/c1-11-9-7(8-10-11)5-3-6(4-5)12-2;1-2/h5-6H,3-4H2,1-2H3;1-2H3. The van der Waals surface area contributed by atoms with Crippen molar-refractivity contribution < 1.29 is 4.74 Å². The van der Waals surface area contributed by atoms with E-state index in [0.717, 1.165) is 18.7 Å². The van der Waals surface area contributed by atoms with Gasteiger partial charge in [-0.2, -0.15) is 4.80 Å². The number of rotatable bonds is 2. The van der Waals surface area contributed by atoms with Gasteiger partial charge in [0, 0.05) is 13.0 Å². The van der Waals surface area contributed by atoms with Gasteiger partial charge >= 0.3 is 0 Å². The Hall–Kier alpha value is -0.970. The highest BCUT2D eigenvalue weighted by molar-refractivity contribution is 5.00. The monoisotopic (exact) mass is 198 g/mol. The third-order valence-corrected chi connectivity index (χ3v) is 2.32. The van der Waals surface area contributed by atoms with E-state index < -0.39 is 0 Å². The summed E-state index contributed by atoms with van der Waals surface area (Å²) < 4.78 is 5.16. The molecule has 5 heteroatoms. The van der Waals surface area contributed by atoms with Crippen LogP contribution in [0.5, 0.6) is 0 Å². The van der Waals surface area contributed by atoms with E-state index in [2.05, 4.69) is 15.4 Å². The van der Waals surface area contributed by atoms with Crippen LogP contribution in [0.15, 0.2) is 0 Å². The lowest BCUT2D eigenvalue weighted by molar-refractivity contribution is 0.0236. The van der Waals surface area contributed by atoms with E-state index in [-0.39, 0.29) is 0 Å². The van der Waals surface area contributed by atoms with Crippen molar-refractivity contribution in [2.45, 2.75) is 38.7 Å².